The molecule has 2 aliphatic rings. The second-order valence-corrected chi connectivity index (χ2v) is 10.5. The molecule has 7 heteroatoms. The summed E-state index contributed by atoms with van der Waals surface area (Å²) in [5.41, 5.74) is 3.20. The largest absolute Gasteiger partial charge is 0.325 e. The van der Waals surface area contributed by atoms with Crippen molar-refractivity contribution in [3.05, 3.63) is 84.4 Å². The van der Waals surface area contributed by atoms with Gasteiger partial charge in [0.1, 0.15) is 12.0 Å². The molecule has 2 N–H and O–H groups in total. The fraction of sp³-hybridized carbons (Fsp3) is 0.290. The second-order valence-electron chi connectivity index (χ2n) is 10.5. The molecule has 1 fully saturated rings. The number of para-hydroxylation sites is 1. The molecular formula is C31H30N4O3. The van der Waals surface area contributed by atoms with Crippen LogP contribution in [0.15, 0.2) is 78.9 Å². The Morgan fingerprint density at radius 1 is 1.03 bits per heavy atom. The third-order valence-electron chi connectivity index (χ3n) is 7.50. The van der Waals surface area contributed by atoms with Gasteiger partial charge < -0.3 is 15.5 Å². The van der Waals surface area contributed by atoms with Crippen molar-refractivity contribution in [2.75, 3.05) is 17.2 Å². The number of nitrogens with one attached hydrogen (secondary N) is 2. The van der Waals surface area contributed by atoms with Crippen LogP contribution in [0.1, 0.15) is 32.3 Å². The Kier molecular flexibility index (Phi) is 6.73. The van der Waals surface area contributed by atoms with Crippen molar-refractivity contribution in [2.24, 2.45) is 11.8 Å². The molecule has 192 valence electrons. The first-order valence-corrected chi connectivity index (χ1v) is 12.9. The van der Waals surface area contributed by atoms with Crippen molar-refractivity contribution >= 4 is 29.1 Å². The van der Waals surface area contributed by atoms with Gasteiger partial charge >= 0.3 is 0 Å². The molecule has 0 saturated carbocycles. The zero-order valence-corrected chi connectivity index (χ0v) is 21.5. The van der Waals surface area contributed by atoms with Gasteiger partial charge in [0.25, 0.3) is 0 Å². The standard InChI is InChI=1S/C31H30N4O3/c1-20(2)16-25(28(36)33-23-14-12-22(13-15-23)21-8-4-3-5-9-21)29(37)35-19-31(17-24(35)18-32)26-10-6-7-11-27(26)34-30(31)38/h3-15,20,24-25H,16-17,19H2,1-2H3,(H,33,36)(H,34,38)/t24-,25?,31-/m0/s1. The van der Waals surface area contributed by atoms with E-state index in [4.69, 9.17) is 0 Å². The topological polar surface area (TPSA) is 102 Å². The lowest BCUT2D eigenvalue weighted by molar-refractivity contribution is -0.141. The number of fused-ring (bicyclic) bond motifs is 2. The van der Waals surface area contributed by atoms with Gasteiger partial charge in [-0.05, 0) is 47.2 Å². The quantitative estimate of drug-likeness (QED) is 0.461. The van der Waals surface area contributed by atoms with Crippen LogP contribution in [0.3, 0.4) is 0 Å². The first kappa shape index (κ1) is 25.2. The zero-order chi connectivity index (χ0) is 26.9. The summed E-state index contributed by atoms with van der Waals surface area (Å²) in [6.07, 6.45) is 0.534. The normalized spacial score (nSPS) is 20.6. The van der Waals surface area contributed by atoms with E-state index >= 15 is 0 Å². The number of likely N-dealkylation sites (tertiary alicyclic amines) is 1. The van der Waals surface area contributed by atoms with Crippen molar-refractivity contribution in [3.63, 3.8) is 0 Å². The third kappa shape index (κ3) is 4.54. The van der Waals surface area contributed by atoms with Gasteiger partial charge in [0.05, 0.1) is 11.5 Å². The lowest BCUT2D eigenvalue weighted by Crippen LogP contribution is -2.45. The Hall–Kier alpha value is -4.44. The number of carbonyl (C=O) groups is 3. The SMILES string of the molecule is CC(C)CC(C(=O)Nc1ccc(-c2ccccc2)cc1)C(=O)N1C[C@]2(C[C@H]1C#N)C(=O)Nc1ccccc12. The Labute approximate surface area is 222 Å². The number of benzene rings is 3. The molecule has 0 radical (unpaired) electrons. The Balaban J connectivity index is 1.37. The minimum Gasteiger partial charge on any atom is -0.325 e. The summed E-state index contributed by atoms with van der Waals surface area (Å²) in [5.74, 6) is -1.95. The van der Waals surface area contributed by atoms with Crippen molar-refractivity contribution in [2.45, 2.75) is 38.1 Å². The van der Waals surface area contributed by atoms with Gasteiger partial charge in [0.2, 0.25) is 17.7 Å². The molecule has 3 atom stereocenters. The average molecular weight is 507 g/mol. The maximum absolute atomic E-state index is 13.9. The molecule has 5 rings (SSSR count). The summed E-state index contributed by atoms with van der Waals surface area (Å²) in [6, 6.07) is 26.2. The van der Waals surface area contributed by atoms with E-state index in [0.717, 1.165) is 16.7 Å². The van der Waals surface area contributed by atoms with Crippen molar-refractivity contribution < 1.29 is 14.4 Å². The number of anilines is 2. The molecule has 0 aliphatic carbocycles. The summed E-state index contributed by atoms with van der Waals surface area (Å²) in [5, 5.41) is 15.7. The van der Waals surface area contributed by atoms with E-state index < -0.39 is 29.2 Å². The Morgan fingerprint density at radius 2 is 1.68 bits per heavy atom. The number of carbonyl (C=O) groups excluding carboxylic acids is 3. The highest BCUT2D eigenvalue weighted by molar-refractivity contribution is 6.09. The molecule has 38 heavy (non-hydrogen) atoms. The molecule has 3 aromatic carbocycles. The summed E-state index contributed by atoms with van der Waals surface area (Å²) in [4.78, 5) is 41.9. The van der Waals surface area contributed by atoms with E-state index in [1.165, 1.54) is 4.90 Å². The van der Waals surface area contributed by atoms with Crippen LogP contribution < -0.4 is 10.6 Å². The van der Waals surface area contributed by atoms with Crippen molar-refractivity contribution in [1.29, 1.82) is 5.26 Å². The fourth-order valence-electron chi connectivity index (χ4n) is 5.58. The third-order valence-corrected chi connectivity index (χ3v) is 7.50. The van der Waals surface area contributed by atoms with E-state index in [1.807, 2.05) is 92.7 Å². The monoisotopic (exact) mass is 506 g/mol. The van der Waals surface area contributed by atoms with Gasteiger partial charge in [-0.2, -0.15) is 5.26 Å². The molecule has 3 aromatic rings. The number of nitriles is 1. The molecule has 1 saturated heterocycles. The number of rotatable bonds is 6. The predicted octanol–water partition coefficient (Wildman–Crippen LogP) is 4.97. The lowest BCUT2D eigenvalue weighted by Gasteiger charge is -2.27. The van der Waals surface area contributed by atoms with E-state index in [-0.39, 0.29) is 24.8 Å². The molecule has 1 unspecified atom stereocenters. The molecule has 0 aromatic heterocycles. The highest BCUT2D eigenvalue weighted by Gasteiger charge is 2.56. The van der Waals surface area contributed by atoms with E-state index in [2.05, 4.69) is 16.7 Å². The van der Waals surface area contributed by atoms with Crippen LogP contribution in [-0.2, 0) is 19.8 Å². The average Bonchev–Trinajstić information content (AvgIpc) is 3.45. The van der Waals surface area contributed by atoms with Crippen molar-refractivity contribution in [1.82, 2.24) is 4.90 Å². The van der Waals surface area contributed by atoms with E-state index in [1.54, 1.807) is 0 Å². The summed E-state index contributed by atoms with van der Waals surface area (Å²) < 4.78 is 0. The number of amides is 3. The first-order chi connectivity index (χ1) is 18.3. The maximum atomic E-state index is 13.9. The molecular weight excluding hydrogens is 476 g/mol. The summed E-state index contributed by atoms with van der Waals surface area (Å²) in [7, 11) is 0. The Morgan fingerprint density at radius 3 is 2.37 bits per heavy atom. The van der Waals surface area contributed by atoms with Crippen LogP contribution in [0.25, 0.3) is 11.1 Å². The van der Waals surface area contributed by atoms with E-state index in [0.29, 0.717) is 17.8 Å². The number of nitrogens with zero attached hydrogens (tertiary/aromatic N) is 2. The maximum Gasteiger partial charge on any atom is 0.237 e. The van der Waals surface area contributed by atoms with Gasteiger partial charge in [-0.25, -0.2) is 0 Å². The minimum absolute atomic E-state index is 0.0700. The molecule has 1 spiro atoms. The highest BCUT2D eigenvalue weighted by atomic mass is 16.2. The molecule has 2 aliphatic heterocycles. The van der Waals surface area contributed by atoms with Crippen LogP contribution in [-0.4, -0.2) is 35.2 Å². The van der Waals surface area contributed by atoms with Gasteiger partial charge in [0, 0.05) is 24.3 Å². The molecule has 7 nitrogen and oxygen atoms in total. The van der Waals surface area contributed by atoms with Gasteiger partial charge in [-0.1, -0.05) is 74.5 Å². The van der Waals surface area contributed by atoms with Crippen LogP contribution in [0, 0.1) is 23.2 Å². The van der Waals surface area contributed by atoms with Crippen LogP contribution >= 0.6 is 0 Å². The van der Waals surface area contributed by atoms with Gasteiger partial charge in [0.15, 0.2) is 0 Å². The second kappa shape index (κ2) is 10.1. The highest BCUT2D eigenvalue weighted by Crippen LogP contribution is 2.46. The van der Waals surface area contributed by atoms with E-state index in [9.17, 15) is 19.6 Å². The van der Waals surface area contributed by atoms with Gasteiger partial charge in [-0.3, -0.25) is 14.4 Å². The van der Waals surface area contributed by atoms with Gasteiger partial charge in [-0.15, -0.1) is 0 Å². The van der Waals surface area contributed by atoms with Crippen LogP contribution in [0.2, 0.25) is 0 Å². The minimum atomic E-state index is -0.987. The number of hydrogen-bond donors (Lipinski definition) is 2. The molecule has 3 amide bonds. The van der Waals surface area contributed by atoms with Crippen LogP contribution in [0.4, 0.5) is 11.4 Å². The zero-order valence-electron chi connectivity index (χ0n) is 21.5. The smallest absolute Gasteiger partial charge is 0.237 e. The number of hydrogen-bond acceptors (Lipinski definition) is 4. The molecule has 0 bridgehead atoms. The fourth-order valence-corrected chi connectivity index (χ4v) is 5.58. The first-order valence-electron chi connectivity index (χ1n) is 12.9. The lowest BCUT2D eigenvalue weighted by atomic mass is 9.80. The summed E-state index contributed by atoms with van der Waals surface area (Å²) in [6.45, 7) is 3.98. The van der Waals surface area contributed by atoms with Crippen molar-refractivity contribution in [3.8, 4) is 17.2 Å². The Bertz CT molecular complexity index is 1410. The predicted molar refractivity (Wildman–Crippen MR) is 146 cm³/mol. The summed E-state index contributed by atoms with van der Waals surface area (Å²) >= 11 is 0. The van der Waals surface area contributed by atoms with Crippen LogP contribution in [0.5, 0.6) is 0 Å². The molecule has 2 heterocycles.